The van der Waals surface area contributed by atoms with Gasteiger partial charge in [-0.2, -0.15) is 0 Å². The molecular formula is C73H105Cl2IN12O12. The van der Waals surface area contributed by atoms with Crippen molar-refractivity contribution in [3.05, 3.63) is 103 Å². The Bertz CT molecular complexity index is 3360. The van der Waals surface area contributed by atoms with Gasteiger partial charge in [-0.25, -0.2) is 0 Å². The molecule has 2 heterocycles. The van der Waals surface area contributed by atoms with Gasteiger partial charge in [0.15, 0.2) is 0 Å². The van der Waals surface area contributed by atoms with Gasteiger partial charge in [0, 0.05) is 95.3 Å². The van der Waals surface area contributed by atoms with Gasteiger partial charge in [-0.1, -0.05) is 133 Å². The molecule has 0 radical (unpaired) electrons. The van der Waals surface area contributed by atoms with Crippen LogP contribution < -0.4 is 21.3 Å². The van der Waals surface area contributed by atoms with E-state index in [0.717, 1.165) is 24.7 Å². The van der Waals surface area contributed by atoms with E-state index in [0.29, 0.717) is 66.9 Å². The molecule has 2 aliphatic heterocycles. The number of piperidine rings is 1. The number of carbonyl (C=O) groups excluding carboxylic acids is 12. The summed E-state index contributed by atoms with van der Waals surface area (Å²) in [5.41, 5.74) is 1.73. The number of halogens is 3. The number of rotatable bonds is 16. The second-order valence-electron chi connectivity index (χ2n) is 27.7. The predicted octanol–water partition coefficient (Wildman–Crippen LogP) is 5.99. The normalized spacial score (nSPS) is 23.4. The van der Waals surface area contributed by atoms with Crippen LogP contribution in [0.2, 0.25) is 10.0 Å². The van der Waals surface area contributed by atoms with Gasteiger partial charge in [0.25, 0.3) is 0 Å². The highest BCUT2D eigenvalue weighted by Gasteiger charge is 2.43. The molecule has 3 aromatic carbocycles. The maximum absolute atomic E-state index is 15.4. The molecular weight excluding hydrogens is 1430 g/mol. The van der Waals surface area contributed by atoms with Crippen molar-refractivity contribution in [2.24, 2.45) is 17.8 Å². The van der Waals surface area contributed by atoms with E-state index in [1.54, 1.807) is 72.5 Å². The third-order valence-corrected chi connectivity index (χ3v) is 20.1. The molecule has 0 saturated carbocycles. The lowest BCUT2D eigenvalue weighted by atomic mass is 9.95. The van der Waals surface area contributed by atoms with Crippen LogP contribution in [0.5, 0.6) is 0 Å². The number of nitrogens with zero attached hydrogens (tertiary/aromatic N) is 8. The topological polar surface area (TPSA) is 279 Å². The smallest absolute Gasteiger partial charge is 0.245 e. The van der Waals surface area contributed by atoms with Gasteiger partial charge in [0.1, 0.15) is 48.3 Å². The monoisotopic (exact) mass is 1540 g/mol. The molecule has 0 aromatic heterocycles. The fraction of sp³-hybridized carbons (Fsp3) is 0.589. The highest BCUT2D eigenvalue weighted by molar-refractivity contribution is 14.1. The van der Waals surface area contributed by atoms with E-state index in [4.69, 9.17) is 23.2 Å². The molecule has 2 saturated heterocycles. The fourth-order valence-electron chi connectivity index (χ4n) is 12.3. The lowest BCUT2D eigenvalue weighted by molar-refractivity contribution is -0.151. The van der Waals surface area contributed by atoms with Crippen LogP contribution >= 0.6 is 45.8 Å². The lowest BCUT2D eigenvalue weighted by Crippen LogP contribution is -2.61. The standard InChI is InChI=1S/C73H105Cl2IN12O12/c1-15-17-28-54-69(96)86(13)58(40-50-25-19-20-27-53(50)75)67(94)79-56(35-45(3)4)70(97)87(14)60(72(99)88-33-21-18-22-34-88)41-62(90)84(11)57(36-46(5)6)68(95)80-65(47(7)16-2)73(100)83(10)43-63(91)81(8)44-64(92)85(12)59(39-48-29-31-51(74)32-30-48)71(98)82(9)42-61(89)77-55(66(93)78-54)38-49-24-23-26-52(76)37-49/h19-20,23-27,29-32,37,45-47,54-60,65H,15-18,21-22,28,33-36,38-44H2,1-14H3,(H,77,89)(H,78,93)(H,79,94)(H,80,95)/t47-,54-,55-,56-,57-,58-,59-,60-,65-/m0/s1. The van der Waals surface area contributed by atoms with Crippen LogP contribution in [0.3, 0.4) is 0 Å². The zero-order valence-corrected chi connectivity index (χ0v) is 64.3. The van der Waals surface area contributed by atoms with Gasteiger partial charge >= 0.3 is 0 Å². The van der Waals surface area contributed by atoms with Crippen molar-refractivity contribution in [3.8, 4) is 0 Å². The van der Waals surface area contributed by atoms with Gasteiger partial charge in [-0.15, -0.1) is 0 Å². The molecule has 0 spiro atoms. The first-order valence-electron chi connectivity index (χ1n) is 34.7. The number of benzene rings is 3. The van der Waals surface area contributed by atoms with E-state index < -0.39 is 151 Å². The van der Waals surface area contributed by atoms with Crippen LogP contribution in [0.4, 0.5) is 0 Å². The van der Waals surface area contributed by atoms with E-state index in [2.05, 4.69) is 43.9 Å². The number of likely N-dealkylation sites (tertiary alicyclic amines) is 1. The van der Waals surface area contributed by atoms with E-state index in [1.807, 2.05) is 53.7 Å². The summed E-state index contributed by atoms with van der Waals surface area (Å²) in [6, 6.07) is 10.2. The van der Waals surface area contributed by atoms with Crippen molar-refractivity contribution in [3.63, 3.8) is 0 Å². The van der Waals surface area contributed by atoms with E-state index >= 15 is 24.0 Å². The highest BCUT2D eigenvalue weighted by atomic mass is 127. The molecule has 12 amide bonds. The van der Waals surface area contributed by atoms with Crippen LogP contribution in [0, 0.1) is 21.3 Å². The molecule has 0 unspecified atom stereocenters. The molecule has 4 N–H and O–H groups in total. The molecule has 100 heavy (non-hydrogen) atoms. The van der Waals surface area contributed by atoms with E-state index in [-0.39, 0.29) is 55.4 Å². The van der Waals surface area contributed by atoms with Crippen LogP contribution in [0.15, 0.2) is 72.8 Å². The van der Waals surface area contributed by atoms with Crippen molar-refractivity contribution >= 4 is 117 Å². The lowest BCUT2D eigenvalue weighted by Gasteiger charge is -2.38. The van der Waals surface area contributed by atoms with E-state index in [1.165, 1.54) is 68.9 Å². The van der Waals surface area contributed by atoms with Gasteiger partial charge in [0.05, 0.1) is 26.1 Å². The van der Waals surface area contributed by atoms with Crippen LogP contribution in [-0.4, -0.2) is 240 Å². The summed E-state index contributed by atoms with van der Waals surface area (Å²) in [5, 5.41) is 12.3. The van der Waals surface area contributed by atoms with Crippen LogP contribution in [-0.2, 0) is 76.8 Å². The van der Waals surface area contributed by atoms with Crippen molar-refractivity contribution in [2.45, 2.75) is 180 Å². The van der Waals surface area contributed by atoms with Crippen LogP contribution in [0.1, 0.15) is 129 Å². The summed E-state index contributed by atoms with van der Waals surface area (Å²) in [6.45, 7) is 11.9. The Morgan fingerprint density at radius 1 is 0.530 bits per heavy atom. The fourth-order valence-corrected chi connectivity index (χ4v) is 13.3. The Hall–Kier alpha value is -7.39. The van der Waals surface area contributed by atoms with Gasteiger partial charge in [-0.3, -0.25) is 57.5 Å². The molecule has 0 bridgehead atoms. The molecule has 2 fully saturated rings. The van der Waals surface area contributed by atoms with Crippen molar-refractivity contribution in [1.82, 2.24) is 60.5 Å². The molecule has 2 aliphatic rings. The first-order valence-corrected chi connectivity index (χ1v) is 36.5. The highest BCUT2D eigenvalue weighted by Crippen LogP contribution is 2.25. The second-order valence-corrected chi connectivity index (χ2v) is 29.8. The molecule has 9 atom stereocenters. The molecule has 5 rings (SSSR count). The Morgan fingerprint density at radius 3 is 1.73 bits per heavy atom. The first kappa shape index (κ1) is 83.3. The average Bonchev–Trinajstić information content (AvgIpc) is 0.822. The number of unbranched alkanes of at least 4 members (excludes halogenated alkanes) is 1. The van der Waals surface area contributed by atoms with Gasteiger partial charge in [-0.05, 0) is 126 Å². The SMILES string of the molecule is CCCC[C@@H]1NC(=O)[C@H](Cc2cccc(I)c2)NC(=O)CN(C)C(=O)[C@H](Cc2ccc(Cl)cc2)N(C)C(=O)CN(C)C(=O)CN(C)C(=O)[C@H]([C@@H](C)CC)NC(=O)[C@H](CC(C)C)N(C)C(=O)C[C@@H](C(=O)N2CCCCC2)N(C)C(=O)[C@H](CC(C)C)NC(=O)[C@H](Cc2ccccc2Cl)N(C)C1=O. The minimum Gasteiger partial charge on any atom is -0.343 e. The third-order valence-electron chi connectivity index (χ3n) is 18.8. The summed E-state index contributed by atoms with van der Waals surface area (Å²) < 4.78 is 0.833. The number of likely N-dealkylation sites (N-methyl/N-ethyl adjacent to an activating group) is 7. The molecule has 3 aromatic rings. The summed E-state index contributed by atoms with van der Waals surface area (Å²) >= 11 is 15.2. The van der Waals surface area contributed by atoms with Crippen molar-refractivity contribution < 1.29 is 57.5 Å². The summed E-state index contributed by atoms with van der Waals surface area (Å²) in [7, 11) is 9.77. The quantitative estimate of drug-likeness (QED) is 0.120. The van der Waals surface area contributed by atoms with Gasteiger partial charge in [0.2, 0.25) is 70.9 Å². The summed E-state index contributed by atoms with van der Waals surface area (Å²) in [6.07, 6.45) is 3.04. The minimum absolute atomic E-state index is 0.0457. The number of hydrogen-bond acceptors (Lipinski definition) is 12. The maximum atomic E-state index is 15.4. The Kier molecular flexibility index (Phi) is 33.1. The number of carbonyl (C=O) groups is 12. The second kappa shape index (κ2) is 39.7. The predicted molar refractivity (Wildman–Crippen MR) is 393 cm³/mol. The minimum atomic E-state index is -1.43. The number of nitrogens with one attached hydrogen (secondary N) is 4. The van der Waals surface area contributed by atoms with E-state index in [9.17, 15) is 33.6 Å². The zero-order valence-electron chi connectivity index (χ0n) is 60.6. The Labute approximate surface area is 614 Å². The molecule has 27 heteroatoms. The number of hydrogen-bond donors (Lipinski definition) is 4. The summed E-state index contributed by atoms with van der Waals surface area (Å²) in [4.78, 5) is 188. The largest absolute Gasteiger partial charge is 0.343 e. The molecule has 550 valence electrons. The van der Waals surface area contributed by atoms with Crippen molar-refractivity contribution in [1.29, 1.82) is 0 Å². The average molecular weight is 1540 g/mol. The first-order chi connectivity index (χ1) is 47.2. The summed E-state index contributed by atoms with van der Waals surface area (Å²) in [5.74, 6) is -9.14. The van der Waals surface area contributed by atoms with Gasteiger partial charge < -0.3 is 60.5 Å². The zero-order chi connectivity index (χ0) is 74.4. The maximum Gasteiger partial charge on any atom is 0.245 e. The van der Waals surface area contributed by atoms with Crippen molar-refractivity contribution in [2.75, 3.05) is 82.1 Å². The van der Waals surface area contributed by atoms with Crippen LogP contribution in [0.25, 0.3) is 0 Å². The Balaban J connectivity index is 1.67. The molecule has 0 aliphatic carbocycles. The molecule has 24 nitrogen and oxygen atoms in total. The number of amides is 12. The third kappa shape index (κ3) is 24.1. The Morgan fingerprint density at radius 2 is 1.12 bits per heavy atom.